The summed E-state index contributed by atoms with van der Waals surface area (Å²) in [6.07, 6.45) is 1.63. The molecule has 2 N–H and O–H groups in total. The molecule has 1 aromatic carbocycles. The van der Waals surface area contributed by atoms with E-state index in [2.05, 4.69) is 10.3 Å². The van der Waals surface area contributed by atoms with Gasteiger partial charge in [0.2, 0.25) is 0 Å². The summed E-state index contributed by atoms with van der Waals surface area (Å²) in [5.41, 5.74) is 2.61. The highest BCUT2D eigenvalue weighted by Gasteiger charge is 2.24. The Kier molecular flexibility index (Phi) is 8.00. The number of hydrogen-bond donors (Lipinski definition) is 2. The van der Waals surface area contributed by atoms with E-state index in [0.717, 1.165) is 12.8 Å². The Bertz CT molecular complexity index is 858. The van der Waals surface area contributed by atoms with Gasteiger partial charge in [-0.05, 0) is 51.7 Å². The maximum atomic E-state index is 12.4. The topological polar surface area (TPSA) is 97.5 Å². The number of carbonyl (C=O) groups excluding carboxylic acids is 3. The molecule has 0 aliphatic carbocycles. The van der Waals surface area contributed by atoms with E-state index in [0.29, 0.717) is 11.3 Å². The fourth-order valence-electron chi connectivity index (χ4n) is 3.08. The number of aryl methyl sites for hydroxylation is 2. The van der Waals surface area contributed by atoms with Crippen molar-refractivity contribution in [2.24, 2.45) is 0 Å². The van der Waals surface area contributed by atoms with Crippen LogP contribution in [0.3, 0.4) is 0 Å². The third kappa shape index (κ3) is 6.20. The van der Waals surface area contributed by atoms with E-state index in [4.69, 9.17) is 9.47 Å². The Morgan fingerprint density at radius 3 is 2.41 bits per heavy atom. The second-order valence-electron chi connectivity index (χ2n) is 6.91. The monoisotopic (exact) mass is 400 g/mol. The molecule has 0 fully saturated rings. The number of ether oxygens (including phenoxy) is 2. The summed E-state index contributed by atoms with van der Waals surface area (Å²) in [7, 11) is 0. The molecule has 2 rings (SSSR count). The fourth-order valence-corrected chi connectivity index (χ4v) is 3.08. The number of aromatic amines is 1. The first-order valence-corrected chi connectivity index (χ1v) is 9.70. The molecule has 2 aromatic rings. The number of H-pyrrole nitrogens is 1. The zero-order valence-corrected chi connectivity index (χ0v) is 17.3. The number of esters is 2. The fraction of sp³-hybridized carbons (Fsp3) is 0.409. The smallest absolute Gasteiger partial charge is 0.355 e. The van der Waals surface area contributed by atoms with E-state index < -0.39 is 11.9 Å². The van der Waals surface area contributed by atoms with Gasteiger partial charge in [-0.2, -0.15) is 0 Å². The molecule has 1 heterocycles. The highest BCUT2D eigenvalue weighted by molar-refractivity contribution is 5.99. The van der Waals surface area contributed by atoms with Gasteiger partial charge >= 0.3 is 11.9 Å². The van der Waals surface area contributed by atoms with Gasteiger partial charge in [0.15, 0.2) is 6.61 Å². The maximum Gasteiger partial charge on any atom is 0.355 e. The molecular formula is C22H28N2O5. The van der Waals surface area contributed by atoms with Crippen molar-refractivity contribution in [3.8, 4) is 0 Å². The second kappa shape index (κ2) is 10.5. The van der Waals surface area contributed by atoms with Gasteiger partial charge in [-0.3, -0.25) is 4.79 Å². The van der Waals surface area contributed by atoms with Crippen LogP contribution in [0.1, 0.15) is 57.9 Å². The van der Waals surface area contributed by atoms with Gasteiger partial charge in [0.1, 0.15) is 5.69 Å². The first kappa shape index (κ1) is 22.2. The summed E-state index contributed by atoms with van der Waals surface area (Å²) in [5, 5.41) is 2.83. The van der Waals surface area contributed by atoms with Gasteiger partial charge in [0, 0.05) is 11.7 Å². The minimum absolute atomic E-state index is 0.0486. The summed E-state index contributed by atoms with van der Waals surface area (Å²) in [5.74, 6) is -1.55. The summed E-state index contributed by atoms with van der Waals surface area (Å²) in [6.45, 7) is 6.77. The van der Waals surface area contributed by atoms with Gasteiger partial charge in [-0.25, -0.2) is 9.59 Å². The van der Waals surface area contributed by atoms with E-state index in [1.807, 2.05) is 37.3 Å². The molecule has 0 radical (unpaired) electrons. The van der Waals surface area contributed by atoms with Gasteiger partial charge in [0.05, 0.1) is 12.2 Å². The predicted molar refractivity (Wildman–Crippen MR) is 109 cm³/mol. The van der Waals surface area contributed by atoms with Crippen molar-refractivity contribution in [3.05, 3.63) is 58.4 Å². The molecule has 0 spiro atoms. The quantitative estimate of drug-likeness (QED) is 0.631. The van der Waals surface area contributed by atoms with Gasteiger partial charge in [-0.1, -0.05) is 30.3 Å². The van der Waals surface area contributed by atoms with Crippen molar-refractivity contribution in [3.63, 3.8) is 0 Å². The van der Waals surface area contributed by atoms with Crippen LogP contribution in [-0.4, -0.2) is 42.1 Å². The number of rotatable bonds is 9. The number of aromatic nitrogens is 1. The number of nitrogens with one attached hydrogen (secondary N) is 2. The standard InChI is InChI=1S/C22H28N2O5/c1-5-28-22(27)20-15(3)19(16(4)24-20)21(26)29-13-18(25)23-14(2)11-12-17-9-7-6-8-10-17/h6-10,14,24H,5,11-13H2,1-4H3,(H,23,25). The van der Waals surface area contributed by atoms with Crippen molar-refractivity contribution in [2.75, 3.05) is 13.2 Å². The first-order valence-electron chi connectivity index (χ1n) is 9.70. The van der Waals surface area contributed by atoms with Crippen molar-refractivity contribution in [1.29, 1.82) is 0 Å². The van der Waals surface area contributed by atoms with Gasteiger partial charge in [-0.15, -0.1) is 0 Å². The Labute approximate surface area is 170 Å². The van der Waals surface area contributed by atoms with E-state index in [1.165, 1.54) is 5.56 Å². The minimum atomic E-state index is -0.654. The molecule has 7 nitrogen and oxygen atoms in total. The third-order valence-corrected chi connectivity index (χ3v) is 4.57. The number of amides is 1. The molecule has 0 bridgehead atoms. The zero-order valence-electron chi connectivity index (χ0n) is 17.3. The van der Waals surface area contributed by atoms with Crippen molar-refractivity contribution < 1.29 is 23.9 Å². The lowest BCUT2D eigenvalue weighted by Crippen LogP contribution is -2.36. The Hall–Kier alpha value is -3.09. The lowest BCUT2D eigenvalue weighted by atomic mass is 10.1. The highest BCUT2D eigenvalue weighted by Crippen LogP contribution is 2.19. The molecule has 1 amide bonds. The van der Waals surface area contributed by atoms with Crippen molar-refractivity contribution in [2.45, 2.75) is 46.6 Å². The van der Waals surface area contributed by atoms with Gasteiger partial charge in [0.25, 0.3) is 5.91 Å². The average molecular weight is 400 g/mol. The molecule has 156 valence electrons. The molecule has 0 saturated heterocycles. The second-order valence-corrected chi connectivity index (χ2v) is 6.91. The highest BCUT2D eigenvalue weighted by atomic mass is 16.5. The lowest BCUT2D eigenvalue weighted by Gasteiger charge is -2.14. The van der Waals surface area contributed by atoms with Crippen LogP contribution >= 0.6 is 0 Å². The van der Waals surface area contributed by atoms with Crippen LogP contribution in [0, 0.1) is 13.8 Å². The molecule has 0 aliphatic rings. The van der Waals surface area contributed by atoms with Crippen LogP contribution in [0.2, 0.25) is 0 Å². The number of benzene rings is 1. The van der Waals surface area contributed by atoms with Crippen LogP contribution in [0.25, 0.3) is 0 Å². The minimum Gasteiger partial charge on any atom is -0.461 e. The number of carbonyl (C=O) groups is 3. The molecule has 1 atom stereocenters. The Morgan fingerprint density at radius 1 is 1.07 bits per heavy atom. The third-order valence-electron chi connectivity index (χ3n) is 4.57. The van der Waals surface area contributed by atoms with Crippen LogP contribution in [0.15, 0.2) is 30.3 Å². The normalized spacial score (nSPS) is 11.6. The van der Waals surface area contributed by atoms with Crippen LogP contribution in [0.4, 0.5) is 0 Å². The molecule has 0 aliphatic heterocycles. The Morgan fingerprint density at radius 2 is 1.76 bits per heavy atom. The molecular weight excluding hydrogens is 372 g/mol. The summed E-state index contributed by atoms with van der Waals surface area (Å²) in [6, 6.07) is 9.97. The number of hydrogen-bond acceptors (Lipinski definition) is 5. The molecule has 1 aromatic heterocycles. The van der Waals surface area contributed by atoms with E-state index in [1.54, 1.807) is 20.8 Å². The zero-order chi connectivity index (χ0) is 21.4. The maximum absolute atomic E-state index is 12.4. The first-order chi connectivity index (χ1) is 13.8. The molecule has 29 heavy (non-hydrogen) atoms. The largest absolute Gasteiger partial charge is 0.461 e. The van der Waals surface area contributed by atoms with E-state index in [-0.39, 0.29) is 36.4 Å². The molecule has 7 heteroatoms. The van der Waals surface area contributed by atoms with Crippen LogP contribution in [-0.2, 0) is 20.7 Å². The molecule has 0 saturated carbocycles. The van der Waals surface area contributed by atoms with Crippen LogP contribution < -0.4 is 5.32 Å². The van der Waals surface area contributed by atoms with Crippen molar-refractivity contribution >= 4 is 17.8 Å². The summed E-state index contributed by atoms with van der Waals surface area (Å²) in [4.78, 5) is 39.3. The van der Waals surface area contributed by atoms with Crippen LogP contribution in [0.5, 0.6) is 0 Å². The average Bonchev–Trinajstić information content (AvgIpc) is 3.00. The lowest BCUT2D eigenvalue weighted by molar-refractivity contribution is -0.124. The molecule has 1 unspecified atom stereocenters. The predicted octanol–water partition coefficient (Wildman–Crippen LogP) is 3.10. The Balaban J connectivity index is 1.85. The SMILES string of the molecule is CCOC(=O)c1[nH]c(C)c(C(=O)OCC(=O)NC(C)CCc2ccccc2)c1C. The van der Waals surface area contributed by atoms with E-state index >= 15 is 0 Å². The van der Waals surface area contributed by atoms with Gasteiger partial charge < -0.3 is 19.8 Å². The summed E-state index contributed by atoms with van der Waals surface area (Å²) >= 11 is 0. The van der Waals surface area contributed by atoms with Crippen molar-refractivity contribution in [1.82, 2.24) is 10.3 Å². The van der Waals surface area contributed by atoms with E-state index in [9.17, 15) is 14.4 Å². The summed E-state index contributed by atoms with van der Waals surface area (Å²) < 4.78 is 10.1.